The van der Waals surface area contributed by atoms with Gasteiger partial charge < -0.3 is 5.32 Å². The third kappa shape index (κ3) is 3.56. The Morgan fingerprint density at radius 1 is 1.35 bits per heavy atom. The number of halogens is 1. The fraction of sp³-hybridized carbons (Fsp3) is 0.500. The van der Waals surface area contributed by atoms with Crippen molar-refractivity contribution in [3.05, 3.63) is 35.9 Å². The predicted octanol–water partition coefficient (Wildman–Crippen LogP) is 3.43. The van der Waals surface area contributed by atoms with Gasteiger partial charge in [0.15, 0.2) is 0 Å². The number of carbonyl (C=O) groups is 1. The molecule has 1 aliphatic carbocycles. The molecule has 3 heteroatoms. The lowest BCUT2D eigenvalue weighted by Crippen LogP contribution is -2.32. The molecule has 0 heterocycles. The Morgan fingerprint density at radius 3 is 2.59 bits per heavy atom. The number of nitrogens with one attached hydrogen (secondary N) is 1. The van der Waals surface area contributed by atoms with Crippen LogP contribution in [-0.4, -0.2) is 11.2 Å². The molecule has 0 bridgehead atoms. The number of carbonyl (C=O) groups excluding carboxylic acids is 1. The summed E-state index contributed by atoms with van der Waals surface area (Å²) in [4.78, 5) is 11.9. The molecule has 0 aliphatic heterocycles. The predicted molar refractivity (Wildman–Crippen MR) is 73.1 cm³/mol. The molecule has 2 rings (SSSR count). The van der Waals surface area contributed by atoms with Crippen LogP contribution in [0, 0.1) is 5.92 Å². The third-order valence-electron chi connectivity index (χ3n) is 3.39. The summed E-state index contributed by atoms with van der Waals surface area (Å²) in [6.45, 7) is 0. The summed E-state index contributed by atoms with van der Waals surface area (Å²) in [7, 11) is 0. The van der Waals surface area contributed by atoms with Crippen molar-refractivity contribution in [3.63, 3.8) is 0 Å². The van der Waals surface area contributed by atoms with E-state index in [-0.39, 0.29) is 11.9 Å². The zero-order chi connectivity index (χ0) is 12.1. The summed E-state index contributed by atoms with van der Waals surface area (Å²) >= 11 is 3.46. The first kappa shape index (κ1) is 12.6. The van der Waals surface area contributed by atoms with Gasteiger partial charge in [-0.25, -0.2) is 0 Å². The number of benzene rings is 1. The molecule has 0 saturated heterocycles. The maximum absolute atomic E-state index is 11.9. The van der Waals surface area contributed by atoms with Crippen LogP contribution in [0.2, 0.25) is 0 Å². The molecule has 1 fully saturated rings. The van der Waals surface area contributed by atoms with E-state index in [0.29, 0.717) is 12.3 Å². The van der Waals surface area contributed by atoms with E-state index in [0.717, 1.165) is 10.9 Å². The Balaban J connectivity index is 1.88. The van der Waals surface area contributed by atoms with E-state index in [2.05, 4.69) is 33.4 Å². The second-order valence-corrected chi connectivity index (χ2v) is 5.33. The Bertz CT molecular complexity index is 362. The monoisotopic (exact) mass is 295 g/mol. The first-order valence-corrected chi connectivity index (χ1v) is 7.32. The van der Waals surface area contributed by atoms with Gasteiger partial charge in [-0.05, 0) is 24.3 Å². The lowest BCUT2D eigenvalue weighted by molar-refractivity contribution is -0.123. The zero-order valence-electron chi connectivity index (χ0n) is 9.86. The lowest BCUT2D eigenvalue weighted by Gasteiger charge is -2.25. The van der Waals surface area contributed by atoms with Gasteiger partial charge >= 0.3 is 0 Å². The van der Waals surface area contributed by atoms with E-state index in [1.165, 1.54) is 19.3 Å². The molecular formula is C14H18BrNO. The van der Waals surface area contributed by atoms with Gasteiger partial charge in [0.25, 0.3) is 0 Å². The molecular weight excluding hydrogens is 278 g/mol. The SMILES string of the molecule is O=C(CC1CCC1)NC(CBr)c1ccccc1. The van der Waals surface area contributed by atoms with Gasteiger partial charge in [-0.1, -0.05) is 52.7 Å². The van der Waals surface area contributed by atoms with Crippen molar-refractivity contribution in [2.45, 2.75) is 31.7 Å². The van der Waals surface area contributed by atoms with E-state index >= 15 is 0 Å². The van der Waals surface area contributed by atoms with E-state index in [1.807, 2.05) is 18.2 Å². The highest BCUT2D eigenvalue weighted by atomic mass is 79.9. The van der Waals surface area contributed by atoms with Crippen LogP contribution in [0.1, 0.15) is 37.3 Å². The minimum Gasteiger partial charge on any atom is -0.348 e. The summed E-state index contributed by atoms with van der Waals surface area (Å²) in [6.07, 6.45) is 4.42. The van der Waals surface area contributed by atoms with Gasteiger partial charge in [-0.3, -0.25) is 4.79 Å². The first-order valence-electron chi connectivity index (χ1n) is 6.20. The summed E-state index contributed by atoms with van der Waals surface area (Å²) in [5.74, 6) is 0.810. The molecule has 1 amide bonds. The van der Waals surface area contributed by atoms with E-state index in [9.17, 15) is 4.79 Å². The van der Waals surface area contributed by atoms with Crippen molar-refractivity contribution in [1.82, 2.24) is 5.32 Å². The minimum absolute atomic E-state index is 0.0868. The van der Waals surface area contributed by atoms with Crippen molar-refractivity contribution in [1.29, 1.82) is 0 Å². The van der Waals surface area contributed by atoms with Crippen molar-refractivity contribution >= 4 is 21.8 Å². The maximum Gasteiger partial charge on any atom is 0.220 e. The molecule has 2 nitrogen and oxygen atoms in total. The van der Waals surface area contributed by atoms with E-state index < -0.39 is 0 Å². The summed E-state index contributed by atoms with van der Waals surface area (Å²) in [5.41, 5.74) is 1.16. The highest BCUT2D eigenvalue weighted by Crippen LogP contribution is 2.29. The second-order valence-electron chi connectivity index (χ2n) is 4.69. The fourth-order valence-corrected chi connectivity index (χ4v) is 2.64. The van der Waals surface area contributed by atoms with E-state index in [1.54, 1.807) is 0 Å². The number of hydrogen-bond acceptors (Lipinski definition) is 1. The molecule has 92 valence electrons. The average Bonchev–Trinajstić information content (AvgIpc) is 2.32. The van der Waals surface area contributed by atoms with Crippen molar-refractivity contribution in [2.24, 2.45) is 5.92 Å². The van der Waals surface area contributed by atoms with Crippen LogP contribution in [0.4, 0.5) is 0 Å². The standard InChI is InChI=1S/C14H18BrNO/c15-10-13(12-7-2-1-3-8-12)16-14(17)9-11-5-4-6-11/h1-3,7-8,11,13H,4-6,9-10H2,(H,16,17). The molecule has 1 unspecified atom stereocenters. The van der Waals surface area contributed by atoms with Crippen LogP contribution in [0.3, 0.4) is 0 Å². The Labute approximate surface area is 111 Å². The van der Waals surface area contributed by atoms with Crippen LogP contribution in [0.5, 0.6) is 0 Å². The van der Waals surface area contributed by atoms with Crippen molar-refractivity contribution in [2.75, 3.05) is 5.33 Å². The third-order valence-corrected chi connectivity index (χ3v) is 4.04. The topological polar surface area (TPSA) is 29.1 Å². The average molecular weight is 296 g/mol. The molecule has 1 N–H and O–H groups in total. The smallest absolute Gasteiger partial charge is 0.220 e. The molecule has 0 aromatic heterocycles. The lowest BCUT2D eigenvalue weighted by atomic mass is 9.83. The summed E-state index contributed by atoms with van der Waals surface area (Å²) in [5, 5.41) is 3.85. The molecule has 1 aromatic rings. The van der Waals surface area contributed by atoms with Gasteiger partial charge in [0, 0.05) is 11.8 Å². The normalized spacial score (nSPS) is 17.2. The molecule has 0 spiro atoms. The molecule has 1 atom stereocenters. The zero-order valence-corrected chi connectivity index (χ0v) is 11.4. The molecule has 1 saturated carbocycles. The quantitative estimate of drug-likeness (QED) is 0.829. The van der Waals surface area contributed by atoms with Crippen LogP contribution < -0.4 is 5.32 Å². The number of alkyl halides is 1. The van der Waals surface area contributed by atoms with Gasteiger partial charge in [0.1, 0.15) is 0 Å². The van der Waals surface area contributed by atoms with Crippen LogP contribution in [-0.2, 0) is 4.79 Å². The number of amides is 1. The summed E-state index contributed by atoms with van der Waals surface area (Å²) in [6, 6.07) is 10.2. The second kappa shape index (κ2) is 6.20. The number of hydrogen-bond donors (Lipinski definition) is 1. The summed E-state index contributed by atoms with van der Waals surface area (Å²) < 4.78 is 0. The molecule has 1 aromatic carbocycles. The fourth-order valence-electron chi connectivity index (χ4n) is 2.11. The van der Waals surface area contributed by atoms with Crippen LogP contribution in [0.15, 0.2) is 30.3 Å². The Morgan fingerprint density at radius 2 is 2.06 bits per heavy atom. The first-order chi connectivity index (χ1) is 8.29. The Kier molecular flexibility index (Phi) is 4.60. The maximum atomic E-state index is 11.9. The molecule has 17 heavy (non-hydrogen) atoms. The van der Waals surface area contributed by atoms with Crippen LogP contribution >= 0.6 is 15.9 Å². The number of rotatable bonds is 5. The highest BCUT2D eigenvalue weighted by molar-refractivity contribution is 9.09. The largest absolute Gasteiger partial charge is 0.348 e. The van der Waals surface area contributed by atoms with Gasteiger partial charge in [0.2, 0.25) is 5.91 Å². The minimum atomic E-state index is 0.0868. The van der Waals surface area contributed by atoms with Crippen molar-refractivity contribution in [3.8, 4) is 0 Å². The van der Waals surface area contributed by atoms with E-state index in [4.69, 9.17) is 0 Å². The Hall–Kier alpha value is -0.830. The van der Waals surface area contributed by atoms with Gasteiger partial charge in [-0.15, -0.1) is 0 Å². The van der Waals surface area contributed by atoms with Gasteiger partial charge in [-0.2, -0.15) is 0 Å². The van der Waals surface area contributed by atoms with Crippen LogP contribution in [0.25, 0.3) is 0 Å². The molecule has 1 aliphatic rings. The highest BCUT2D eigenvalue weighted by Gasteiger charge is 2.22. The van der Waals surface area contributed by atoms with Crippen molar-refractivity contribution < 1.29 is 4.79 Å². The van der Waals surface area contributed by atoms with Gasteiger partial charge in [0.05, 0.1) is 6.04 Å². The molecule has 0 radical (unpaired) electrons.